The highest BCUT2D eigenvalue weighted by Crippen LogP contribution is 2.23. The number of benzene rings is 1. The Labute approximate surface area is 170 Å². The van der Waals surface area contributed by atoms with Crippen LogP contribution in [0.4, 0.5) is 21.8 Å². The molecule has 3 rings (SSSR count). The summed E-state index contributed by atoms with van der Waals surface area (Å²) >= 11 is 0. The van der Waals surface area contributed by atoms with Crippen molar-refractivity contribution < 1.29 is 9.18 Å². The third kappa shape index (κ3) is 5.41. The summed E-state index contributed by atoms with van der Waals surface area (Å²) in [7, 11) is 0. The molecule has 2 aromatic rings. The standard InChI is InChI=1S/C21H25FN6O/c1-3-5-16-11-20(28-9-4-6-18(13-28)24-14(2)29)27-21(25-16)26-17-7-8-19(22)15(10-17)12-23/h7-8,10-11,18H,3-6,9,13H2,1-2H3,(H,24,29)(H,25,26,27)/t18-/m1/s1. The molecule has 0 aliphatic carbocycles. The van der Waals surface area contributed by atoms with Crippen LogP contribution in [0.15, 0.2) is 24.3 Å². The van der Waals surface area contributed by atoms with Crippen LogP contribution < -0.4 is 15.5 Å². The summed E-state index contributed by atoms with van der Waals surface area (Å²) in [6.45, 7) is 5.16. The second-order valence-electron chi connectivity index (χ2n) is 7.21. The molecule has 1 aliphatic heterocycles. The van der Waals surface area contributed by atoms with Gasteiger partial charge in [0.25, 0.3) is 0 Å². The SMILES string of the molecule is CCCc1cc(N2CCC[C@@H](NC(C)=O)C2)nc(Nc2ccc(F)c(C#N)c2)n1. The molecule has 0 bridgehead atoms. The van der Waals surface area contributed by atoms with Crippen LogP contribution >= 0.6 is 0 Å². The Morgan fingerprint density at radius 3 is 2.93 bits per heavy atom. The molecule has 1 atom stereocenters. The third-order valence-electron chi connectivity index (χ3n) is 4.77. The molecule has 0 saturated carbocycles. The van der Waals surface area contributed by atoms with Gasteiger partial charge in [-0.1, -0.05) is 13.3 Å². The van der Waals surface area contributed by atoms with Crippen LogP contribution in [0.5, 0.6) is 0 Å². The molecule has 2 heterocycles. The van der Waals surface area contributed by atoms with Gasteiger partial charge in [0.2, 0.25) is 11.9 Å². The number of aryl methyl sites for hydroxylation is 1. The number of piperidine rings is 1. The maximum atomic E-state index is 13.6. The fraction of sp³-hybridized carbons (Fsp3) is 0.429. The van der Waals surface area contributed by atoms with E-state index in [2.05, 4.69) is 32.4 Å². The van der Waals surface area contributed by atoms with E-state index >= 15 is 0 Å². The zero-order chi connectivity index (χ0) is 20.8. The van der Waals surface area contributed by atoms with E-state index in [1.54, 1.807) is 6.07 Å². The predicted molar refractivity (Wildman–Crippen MR) is 109 cm³/mol. The van der Waals surface area contributed by atoms with Crippen LogP contribution in [0, 0.1) is 17.1 Å². The maximum absolute atomic E-state index is 13.6. The minimum atomic E-state index is -0.559. The summed E-state index contributed by atoms with van der Waals surface area (Å²) < 4.78 is 13.6. The van der Waals surface area contributed by atoms with Crippen molar-refractivity contribution in [2.45, 2.75) is 45.6 Å². The molecule has 0 spiro atoms. The first-order valence-electron chi connectivity index (χ1n) is 9.85. The van der Waals surface area contributed by atoms with Crippen molar-refractivity contribution in [3.8, 4) is 6.07 Å². The Bertz CT molecular complexity index is 926. The number of hydrogen-bond donors (Lipinski definition) is 2. The highest BCUT2D eigenvalue weighted by molar-refractivity contribution is 5.73. The van der Waals surface area contributed by atoms with Crippen LogP contribution in [0.2, 0.25) is 0 Å². The highest BCUT2D eigenvalue weighted by Gasteiger charge is 2.22. The third-order valence-corrected chi connectivity index (χ3v) is 4.77. The van der Waals surface area contributed by atoms with Gasteiger partial charge in [-0.15, -0.1) is 0 Å². The van der Waals surface area contributed by atoms with E-state index in [9.17, 15) is 9.18 Å². The maximum Gasteiger partial charge on any atom is 0.229 e. The minimum absolute atomic E-state index is 0.0295. The lowest BCUT2D eigenvalue weighted by Crippen LogP contribution is -2.47. The van der Waals surface area contributed by atoms with Crippen molar-refractivity contribution in [2.75, 3.05) is 23.3 Å². The quantitative estimate of drug-likeness (QED) is 0.778. The number of nitrogens with zero attached hydrogens (tertiary/aromatic N) is 4. The molecule has 0 radical (unpaired) electrons. The molecule has 1 aromatic carbocycles. The van der Waals surface area contributed by atoms with E-state index in [0.29, 0.717) is 18.2 Å². The molecule has 7 nitrogen and oxygen atoms in total. The molecule has 1 aliphatic rings. The zero-order valence-corrected chi connectivity index (χ0v) is 16.7. The summed E-state index contributed by atoms with van der Waals surface area (Å²) in [6.07, 6.45) is 3.66. The lowest BCUT2D eigenvalue weighted by atomic mass is 10.1. The number of nitrogens with one attached hydrogen (secondary N) is 2. The van der Waals surface area contributed by atoms with Crippen molar-refractivity contribution in [2.24, 2.45) is 0 Å². The van der Waals surface area contributed by atoms with Gasteiger partial charge in [-0.2, -0.15) is 10.2 Å². The Kier molecular flexibility index (Phi) is 6.60. The summed E-state index contributed by atoms with van der Waals surface area (Å²) in [4.78, 5) is 22.8. The Morgan fingerprint density at radius 2 is 2.21 bits per heavy atom. The van der Waals surface area contributed by atoms with Gasteiger partial charge in [0.1, 0.15) is 17.7 Å². The molecule has 152 valence electrons. The minimum Gasteiger partial charge on any atom is -0.354 e. The van der Waals surface area contributed by atoms with E-state index in [0.717, 1.165) is 43.7 Å². The second kappa shape index (κ2) is 9.32. The van der Waals surface area contributed by atoms with E-state index in [-0.39, 0.29) is 17.5 Å². The first kappa shape index (κ1) is 20.5. The number of halogens is 1. The zero-order valence-electron chi connectivity index (χ0n) is 16.7. The van der Waals surface area contributed by atoms with Crippen LogP contribution in [0.25, 0.3) is 0 Å². The molecular weight excluding hydrogens is 371 g/mol. The molecular formula is C21H25FN6O. The predicted octanol–water partition coefficient (Wildman–Crippen LogP) is 3.29. The van der Waals surface area contributed by atoms with Crippen molar-refractivity contribution in [1.82, 2.24) is 15.3 Å². The highest BCUT2D eigenvalue weighted by atomic mass is 19.1. The van der Waals surface area contributed by atoms with Crippen LogP contribution in [-0.4, -0.2) is 35.0 Å². The van der Waals surface area contributed by atoms with Gasteiger partial charge in [-0.3, -0.25) is 4.79 Å². The van der Waals surface area contributed by atoms with Crippen molar-refractivity contribution in [3.63, 3.8) is 0 Å². The average Bonchev–Trinajstić information content (AvgIpc) is 2.69. The first-order chi connectivity index (χ1) is 14.0. The monoisotopic (exact) mass is 396 g/mol. The fourth-order valence-electron chi connectivity index (χ4n) is 3.49. The van der Waals surface area contributed by atoms with E-state index in [1.165, 1.54) is 19.1 Å². The molecule has 1 aromatic heterocycles. The largest absolute Gasteiger partial charge is 0.354 e. The topological polar surface area (TPSA) is 93.9 Å². The van der Waals surface area contributed by atoms with Gasteiger partial charge in [-0.25, -0.2) is 9.37 Å². The summed E-state index contributed by atoms with van der Waals surface area (Å²) in [6, 6.07) is 8.16. The molecule has 29 heavy (non-hydrogen) atoms. The van der Waals surface area contributed by atoms with Crippen molar-refractivity contribution >= 4 is 23.4 Å². The number of nitriles is 1. The van der Waals surface area contributed by atoms with Crippen LogP contribution in [0.1, 0.15) is 44.4 Å². The van der Waals surface area contributed by atoms with Gasteiger partial charge in [0, 0.05) is 43.5 Å². The molecule has 1 fully saturated rings. The molecule has 1 saturated heterocycles. The molecule has 1 amide bonds. The first-order valence-corrected chi connectivity index (χ1v) is 9.85. The van der Waals surface area contributed by atoms with Gasteiger partial charge >= 0.3 is 0 Å². The van der Waals surface area contributed by atoms with Gasteiger partial charge < -0.3 is 15.5 Å². The summed E-state index contributed by atoms with van der Waals surface area (Å²) in [5.74, 6) is 0.613. The van der Waals surface area contributed by atoms with Crippen LogP contribution in [0.3, 0.4) is 0 Å². The number of anilines is 3. The number of carbonyl (C=O) groups is 1. The smallest absolute Gasteiger partial charge is 0.229 e. The number of rotatable bonds is 6. The number of amides is 1. The normalized spacial score (nSPS) is 16.2. The second-order valence-corrected chi connectivity index (χ2v) is 7.21. The Hall–Kier alpha value is -3.21. The van der Waals surface area contributed by atoms with Gasteiger partial charge in [-0.05, 0) is 37.5 Å². The lowest BCUT2D eigenvalue weighted by molar-refractivity contribution is -0.119. The summed E-state index contributed by atoms with van der Waals surface area (Å²) in [5, 5.41) is 15.1. The Balaban J connectivity index is 1.86. The van der Waals surface area contributed by atoms with Crippen LogP contribution in [-0.2, 0) is 11.2 Å². The molecule has 8 heteroatoms. The van der Waals surface area contributed by atoms with E-state index in [1.807, 2.05) is 12.1 Å². The van der Waals surface area contributed by atoms with Gasteiger partial charge in [0.05, 0.1) is 5.56 Å². The number of aromatic nitrogens is 2. The number of hydrogen-bond acceptors (Lipinski definition) is 6. The molecule has 2 N–H and O–H groups in total. The Morgan fingerprint density at radius 1 is 1.38 bits per heavy atom. The van der Waals surface area contributed by atoms with Crippen molar-refractivity contribution in [1.29, 1.82) is 5.26 Å². The lowest BCUT2D eigenvalue weighted by Gasteiger charge is -2.34. The van der Waals surface area contributed by atoms with Gasteiger partial charge in [0.15, 0.2) is 0 Å². The fourth-order valence-corrected chi connectivity index (χ4v) is 3.49. The van der Waals surface area contributed by atoms with E-state index < -0.39 is 5.82 Å². The average molecular weight is 396 g/mol. The number of carbonyl (C=O) groups excluding carboxylic acids is 1. The van der Waals surface area contributed by atoms with E-state index in [4.69, 9.17) is 5.26 Å². The molecule has 0 unspecified atom stereocenters. The summed E-state index contributed by atoms with van der Waals surface area (Å²) in [5.41, 5.74) is 1.43. The van der Waals surface area contributed by atoms with Crippen molar-refractivity contribution in [3.05, 3.63) is 41.3 Å².